The summed E-state index contributed by atoms with van der Waals surface area (Å²) in [5.74, 6) is -0.00530. The van der Waals surface area contributed by atoms with Crippen LogP contribution in [0.25, 0.3) is 0 Å². The highest BCUT2D eigenvalue weighted by Gasteiger charge is 2.10. The number of anilines is 1. The molecule has 4 nitrogen and oxygen atoms in total. The number of hydrogen-bond acceptors (Lipinski definition) is 3. The number of benzene rings is 1. The minimum absolute atomic E-state index is 0.00530. The van der Waals surface area contributed by atoms with Gasteiger partial charge in [0.2, 0.25) is 0 Å². The molecule has 2 rings (SSSR count). The topological polar surface area (TPSA) is 58.4 Å². The molecular weight excluding hydrogens is 250 g/mol. The molecule has 1 saturated heterocycles. The lowest BCUT2D eigenvalue weighted by Crippen LogP contribution is -2.26. The Balaban J connectivity index is 1.65. The second-order valence-electron chi connectivity index (χ2n) is 5.58. The summed E-state index contributed by atoms with van der Waals surface area (Å²) in [6.07, 6.45) is 4.87. The number of nitrogens with zero attached hydrogens (tertiary/aromatic N) is 1. The Hall–Kier alpha value is -1.55. The van der Waals surface area contributed by atoms with Crippen molar-refractivity contribution < 1.29 is 4.79 Å². The van der Waals surface area contributed by atoms with Gasteiger partial charge >= 0.3 is 0 Å². The van der Waals surface area contributed by atoms with Gasteiger partial charge in [0.25, 0.3) is 5.91 Å². The van der Waals surface area contributed by atoms with Crippen LogP contribution in [0.2, 0.25) is 0 Å². The van der Waals surface area contributed by atoms with Crippen molar-refractivity contribution in [2.75, 3.05) is 31.9 Å². The first-order valence-electron chi connectivity index (χ1n) is 7.53. The van der Waals surface area contributed by atoms with Gasteiger partial charge in [-0.2, -0.15) is 0 Å². The number of nitrogens with two attached hydrogens (primary N) is 1. The van der Waals surface area contributed by atoms with Crippen molar-refractivity contribution in [2.24, 2.45) is 0 Å². The lowest BCUT2D eigenvalue weighted by molar-refractivity contribution is 0.0952. The highest BCUT2D eigenvalue weighted by atomic mass is 16.1. The summed E-state index contributed by atoms with van der Waals surface area (Å²) >= 11 is 0. The number of nitrogens with one attached hydrogen (secondary N) is 1. The van der Waals surface area contributed by atoms with E-state index in [1.54, 1.807) is 12.1 Å². The molecule has 1 aromatic carbocycles. The number of amides is 1. The molecule has 1 amide bonds. The van der Waals surface area contributed by atoms with Gasteiger partial charge in [-0.05, 0) is 76.0 Å². The molecule has 0 spiro atoms. The van der Waals surface area contributed by atoms with E-state index in [1.807, 2.05) is 13.0 Å². The van der Waals surface area contributed by atoms with Crippen molar-refractivity contribution in [1.82, 2.24) is 10.2 Å². The number of hydrogen-bond donors (Lipinski definition) is 2. The molecule has 0 bridgehead atoms. The molecule has 0 unspecified atom stereocenters. The molecular formula is C16H25N3O. The molecule has 1 aromatic rings. The van der Waals surface area contributed by atoms with Crippen LogP contribution in [-0.2, 0) is 0 Å². The second kappa shape index (κ2) is 7.29. The van der Waals surface area contributed by atoms with Crippen LogP contribution in [-0.4, -0.2) is 37.0 Å². The van der Waals surface area contributed by atoms with Crippen LogP contribution in [0.5, 0.6) is 0 Å². The van der Waals surface area contributed by atoms with E-state index < -0.39 is 0 Å². The summed E-state index contributed by atoms with van der Waals surface area (Å²) in [5.41, 5.74) is 8.12. The van der Waals surface area contributed by atoms with E-state index in [2.05, 4.69) is 10.2 Å². The third-order valence-corrected chi connectivity index (χ3v) is 3.92. The van der Waals surface area contributed by atoms with Crippen LogP contribution in [0.1, 0.15) is 41.6 Å². The molecule has 1 heterocycles. The van der Waals surface area contributed by atoms with Crippen molar-refractivity contribution in [2.45, 2.75) is 32.6 Å². The highest BCUT2D eigenvalue weighted by molar-refractivity contribution is 5.94. The van der Waals surface area contributed by atoms with E-state index >= 15 is 0 Å². The average Bonchev–Trinajstić information content (AvgIpc) is 2.94. The number of carbonyl (C=O) groups is 1. The summed E-state index contributed by atoms with van der Waals surface area (Å²) in [6.45, 7) is 6.32. The first-order valence-corrected chi connectivity index (χ1v) is 7.53. The van der Waals surface area contributed by atoms with Crippen LogP contribution >= 0.6 is 0 Å². The molecule has 3 N–H and O–H groups in total. The predicted molar refractivity (Wildman–Crippen MR) is 82.8 cm³/mol. The third kappa shape index (κ3) is 4.23. The minimum atomic E-state index is -0.00530. The first-order chi connectivity index (χ1) is 9.66. The van der Waals surface area contributed by atoms with Gasteiger partial charge in [-0.15, -0.1) is 0 Å². The van der Waals surface area contributed by atoms with Gasteiger partial charge in [0, 0.05) is 17.8 Å². The number of aryl methyl sites for hydroxylation is 1. The first kappa shape index (κ1) is 14.9. The Morgan fingerprint density at radius 2 is 2.05 bits per heavy atom. The molecule has 20 heavy (non-hydrogen) atoms. The SMILES string of the molecule is Cc1cc(C(=O)NCCCCN2CCCC2)ccc1N. The lowest BCUT2D eigenvalue weighted by atomic mass is 10.1. The summed E-state index contributed by atoms with van der Waals surface area (Å²) in [6, 6.07) is 5.41. The summed E-state index contributed by atoms with van der Waals surface area (Å²) < 4.78 is 0. The monoisotopic (exact) mass is 275 g/mol. The molecule has 0 saturated carbocycles. The summed E-state index contributed by atoms with van der Waals surface area (Å²) in [7, 11) is 0. The van der Waals surface area contributed by atoms with Gasteiger partial charge in [-0.25, -0.2) is 0 Å². The fourth-order valence-electron chi connectivity index (χ4n) is 2.59. The zero-order valence-electron chi connectivity index (χ0n) is 12.3. The third-order valence-electron chi connectivity index (χ3n) is 3.92. The van der Waals surface area contributed by atoms with Crippen molar-refractivity contribution >= 4 is 11.6 Å². The highest BCUT2D eigenvalue weighted by Crippen LogP contribution is 2.12. The van der Waals surface area contributed by atoms with E-state index in [4.69, 9.17) is 5.73 Å². The van der Waals surface area contributed by atoms with Crippen molar-refractivity contribution in [3.8, 4) is 0 Å². The Bertz CT molecular complexity index is 453. The molecule has 0 radical (unpaired) electrons. The van der Waals surface area contributed by atoms with Gasteiger partial charge < -0.3 is 16.0 Å². The second-order valence-corrected chi connectivity index (χ2v) is 5.58. The standard InChI is InChI=1S/C16H25N3O/c1-13-12-14(6-7-15(13)17)16(20)18-8-2-3-9-19-10-4-5-11-19/h6-7,12H,2-5,8-11,17H2,1H3,(H,18,20). The van der Waals surface area contributed by atoms with E-state index in [-0.39, 0.29) is 5.91 Å². The predicted octanol–water partition coefficient (Wildman–Crippen LogP) is 2.18. The summed E-state index contributed by atoms with van der Waals surface area (Å²) in [4.78, 5) is 14.5. The van der Waals surface area contributed by atoms with Crippen molar-refractivity contribution in [3.63, 3.8) is 0 Å². The summed E-state index contributed by atoms with van der Waals surface area (Å²) in [5, 5.41) is 2.97. The quantitative estimate of drug-likeness (QED) is 0.618. The number of likely N-dealkylation sites (tertiary alicyclic amines) is 1. The largest absolute Gasteiger partial charge is 0.399 e. The van der Waals surface area contributed by atoms with Gasteiger partial charge in [0.1, 0.15) is 0 Å². The minimum Gasteiger partial charge on any atom is -0.399 e. The number of rotatable bonds is 6. The Labute approximate surface area is 121 Å². The van der Waals surface area contributed by atoms with Crippen LogP contribution in [0.4, 0.5) is 5.69 Å². The maximum atomic E-state index is 12.0. The van der Waals surface area contributed by atoms with Gasteiger partial charge in [-0.1, -0.05) is 0 Å². The fraction of sp³-hybridized carbons (Fsp3) is 0.562. The molecule has 110 valence electrons. The number of carbonyl (C=O) groups excluding carboxylic acids is 1. The molecule has 1 fully saturated rings. The number of nitrogen functional groups attached to an aromatic ring is 1. The molecule has 0 aliphatic carbocycles. The van der Waals surface area contributed by atoms with Gasteiger partial charge in [0.05, 0.1) is 0 Å². The van der Waals surface area contributed by atoms with Crippen molar-refractivity contribution in [1.29, 1.82) is 0 Å². The maximum Gasteiger partial charge on any atom is 0.251 e. The maximum absolute atomic E-state index is 12.0. The molecule has 0 aromatic heterocycles. The van der Waals surface area contributed by atoms with Gasteiger partial charge in [-0.3, -0.25) is 4.79 Å². The van der Waals surface area contributed by atoms with Crippen LogP contribution in [0.15, 0.2) is 18.2 Å². The average molecular weight is 275 g/mol. The van der Waals surface area contributed by atoms with Crippen LogP contribution in [0, 0.1) is 6.92 Å². The molecule has 1 aliphatic heterocycles. The number of unbranched alkanes of at least 4 members (excludes halogenated alkanes) is 1. The van der Waals surface area contributed by atoms with Gasteiger partial charge in [0.15, 0.2) is 0 Å². The Kier molecular flexibility index (Phi) is 5.41. The molecule has 1 aliphatic rings. The van der Waals surface area contributed by atoms with Crippen LogP contribution < -0.4 is 11.1 Å². The van der Waals surface area contributed by atoms with E-state index in [9.17, 15) is 4.79 Å². The Morgan fingerprint density at radius 3 is 2.75 bits per heavy atom. The van der Waals surface area contributed by atoms with Crippen molar-refractivity contribution in [3.05, 3.63) is 29.3 Å². The van der Waals surface area contributed by atoms with E-state index in [1.165, 1.54) is 25.9 Å². The normalized spacial score (nSPS) is 15.4. The van der Waals surface area contributed by atoms with E-state index in [0.29, 0.717) is 5.56 Å². The molecule has 0 atom stereocenters. The van der Waals surface area contributed by atoms with Crippen LogP contribution in [0.3, 0.4) is 0 Å². The smallest absolute Gasteiger partial charge is 0.251 e. The van der Waals surface area contributed by atoms with E-state index in [0.717, 1.165) is 37.2 Å². The Morgan fingerprint density at radius 1 is 1.30 bits per heavy atom. The molecule has 4 heteroatoms. The zero-order chi connectivity index (χ0) is 14.4. The fourth-order valence-corrected chi connectivity index (χ4v) is 2.59. The lowest BCUT2D eigenvalue weighted by Gasteiger charge is -2.14. The zero-order valence-corrected chi connectivity index (χ0v) is 12.3.